The van der Waals surface area contributed by atoms with Crippen molar-refractivity contribution >= 4 is 29.5 Å². The van der Waals surface area contributed by atoms with E-state index in [0.29, 0.717) is 0 Å². The predicted molar refractivity (Wildman–Crippen MR) is 108 cm³/mol. The quantitative estimate of drug-likeness (QED) is 0.677. The van der Waals surface area contributed by atoms with Gasteiger partial charge in [-0.3, -0.25) is 19.7 Å². The van der Waals surface area contributed by atoms with Crippen LogP contribution in [0.25, 0.3) is 0 Å². The number of hydrogen-bond acceptors (Lipinski definition) is 5. The summed E-state index contributed by atoms with van der Waals surface area (Å²) in [5.41, 5.74) is 6.83. The number of amides is 4. The number of carbonyl (C=O) groups excluding carboxylic acids is 4. The topological polar surface area (TPSA) is 119 Å². The molecule has 1 aliphatic heterocycles. The second-order valence-electron chi connectivity index (χ2n) is 7.73. The minimum Gasteiger partial charge on any atom is -0.452 e. The number of esters is 1. The monoisotopic (exact) mass is 403 g/mol. The van der Waals surface area contributed by atoms with Gasteiger partial charge in [0.2, 0.25) is 5.91 Å². The zero-order valence-corrected chi connectivity index (χ0v) is 17.3. The van der Waals surface area contributed by atoms with Crippen molar-refractivity contribution in [3.8, 4) is 0 Å². The van der Waals surface area contributed by atoms with Crippen LogP contribution >= 0.6 is 0 Å². The largest absolute Gasteiger partial charge is 0.452 e. The lowest BCUT2D eigenvalue weighted by molar-refractivity contribution is -0.161. The van der Waals surface area contributed by atoms with E-state index in [0.717, 1.165) is 17.7 Å². The molecular formula is C21H29N3O5. The summed E-state index contributed by atoms with van der Waals surface area (Å²) in [6.07, 6.45) is -0.225. The molecule has 0 unspecified atom stereocenters. The second kappa shape index (κ2) is 9.54. The maximum atomic E-state index is 12.7. The Labute approximate surface area is 170 Å². The molecule has 0 aliphatic carbocycles. The standard InChI is InChI=1S/C21H29N3O5/c1-5-13(4)15-8-6-7-9-16(15)24-11-14(10-17(24)25)20(27)29-18(12(2)3)19(26)23-21(22)28/h6-9,12-14,18H,5,10-11H2,1-4H3,(H3,22,23,26,28)/t13-,14+,18-/m0/s1. The Hall–Kier alpha value is -2.90. The van der Waals surface area contributed by atoms with Gasteiger partial charge in [-0.05, 0) is 29.9 Å². The number of nitrogens with one attached hydrogen (secondary N) is 1. The van der Waals surface area contributed by atoms with Crippen LogP contribution in [0, 0.1) is 11.8 Å². The van der Waals surface area contributed by atoms with Gasteiger partial charge in [0.1, 0.15) is 0 Å². The van der Waals surface area contributed by atoms with Gasteiger partial charge >= 0.3 is 12.0 Å². The molecule has 29 heavy (non-hydrogen) atoms. The van der Waals surface area contributed by atoms with Crippen molar-refractivity contribution in [2.75, 3.05) is 11.4 Å². The molecule has 4 amide bonds. The molecule has 1 aromatic rings. The molecule has 0 spiro atoms. The first-order chi connectivity index (χ1) is 13.6. The summed E-state index contributed by atoms with van der Waals surface area (Å²) in [6.45, 7) is 7.74. The minimum absolute atomic E-state index is 0.00985. The summed E-state index contributed by atoms with van der Waals surface area (Å²) in [5, 5.41) is 1.94. The minimum atomic E-state index is -1.16. The normalized spacial score (nSPS) is 18.4. The number of primary amides is 1. The van der Waals surface area contributed by atoms with Crippen molar-refractivity contribution in [2.24, 2.45) is 17.6 Å². The highest BCUT2D eigenvalue weighted by Crippen LogP contribution is 2.34. The van der Waals surface area contributed by atoms with Gasteiger partial charge in [0.25, 0.3) is 5.91 Å². The molecule has 0 saturated carbocycles. The van der Waals surface area contributed by atoms with Crippen LogP contribution < -0.4 is 16.0 Å². The molecule has 1 aliphatic rings. The lowest BCUT2D eigenvalue weighted by Gasteiger charge is -2.24. The zero-order chi connectivity index (χ0) is 21.7. The Kier molecular flexibility index (Phi) is 7.36. The van der Waals surface area contributed by atoms with E-state index < -0.39 is 29.9 Å². The first-order valence-corrected chi connectivity index (χ1v) is 9.85. The molecule has 0 bridgehead atoms. The van der Waals surface area contributed by atoms with Crippen LogP contribution in [-0.4, -0.2) is 36.5 Å². The third-order valence-corrected chi connectivity index (χ3v) is 5.18. The van der Waals surface area contributed by atoms with Gasteiger partial charge in [0.15, 0.2) is 6.10 Å². The van der Waals surface area contributed by atoms with Crippen LogP contribution in [0.3, 0.4) is 0 Å². The Morgan fingerprint density at radius 2 is 1.90 bits per heavy atom. The van der Waals surface area contributed by atoms with Crippen molar-refractivity contribution < 1.29 is 23.9 Å². The highest BCUT2D eigenvalue weighted by molar-refractivity contribution is 6.01. The molecule has 2 rings (SSSR count). The van der Waals surface area contributed by atoms with E-state index >= 15 is 0 Å². The third kappa shape index (κ3) is 5.34. The number of nitrogens with zero attached hydrogens (tertiary/aromatic N) is 1. The molecule has 8 heteroatoms. The van der Waals surface area contributed by atoms with Gasteiger partial charge in [-0.2, -0.15) is 0 Å². The Bertz CT molecular complexity index is 792. The average molecular weight is 403 g/mol. The zero-order valence-electron chi connectivity index (χ0n) is 17.3. The summed E-state index contributed by atoms with van der Waals surface area (Å²) < 4.78 is 5.35. The van der Waals surface area contributed by atoms with Crippen LogP contribution in [0.2, 0.25) is 0 Å². The molecule has 1 heterocycles. The summed E-state index contributed by atoms with van der Waals surface area (Å²) in [7, 11) is 0. The third-order valence-electron chi connectivity index (χ3n) is 5.18. The van der Waals surface area contributed by atoms with Crippen molar-refractivity contribution in [1.82, 2.24) is 5.32 Å². The Balaban J connectivity index is 2.14. The smallest absolute Gasteiger partial charge is 0.318 e. The molecule has 1 saturated heterocycles. The van der Waals surface area contributed by atoms with Crippen LogP contribution in [0.4, 0.5) is 10.5 Å². The number of anilines is 1. The maximum Gasteiger partial charge on any atom is 0.318 e. The van der Waals surface area contributed by atoms with Crippen molar-refractivity contribution in [3.63, 3.8) is 0 Å². The fraction of sp³-hybridized carbons (Fsp3) is 0.524. The molecule has 3 N–H and O–H groups in total. The molecule has 158 valence electrons. The highest BCUT2D eigenvalue weighted by atomic mass is 16.5. The number of urea groups is 1. The first-order valence-electron chi connectivity index (χ1n) is 9.85. The molecule has 1 fully saturated rings. The lowest BCUT2D eigenvalue weighted by Crippen LogP contribution is -2.46. The molecular weight excluding hydrogens is 374 g/mol. The number of benzene rings is 1. The molecule has 0 aromatic heterocycles. The number of carbonyl (C=O) groups is 4. The predicted octanol–water partition coefficient (Wildman–Crippen LogP) is 2.32. The van der Waals surface area contributed by atoms with Gasteiger partial charge < -0.3 is 15.4 Å². The van der Waals surface area contributed by atoms with E-state index in [1.807, 2.05) is 29.6 Å². The molecule has 1 aromatic carbocycles. The molecule has 0 radical (unpaired) electrons. The fourth-order valence-electron chi connectivity index (χ4n) is 3.37. The Morgan fingerprint density at radius 1 is 1.24 bits per heavy atom. The van der Waals surface area contributed by atoms with Crippen molar-refractivity contribution in [2.45, 2.75) is 52.6 Å². The van der Waals surface area contributed by atoms with Gasteiger partial charge in [-0.25, -0.2) is 4.79 Å². The van der Waals surface area contributed by atoms with E-state index in [-0.39, 0.29) is 30.7 Å². The first kappa shape index (κ1) is 22.4. The van der Waals surface area contributed by atoms with Gasteiger partial charge in [-0.15, -0.1) is 0 Å². The van der Waals surface area contributed by atoms with Gasteiger partial charge in [0.05, 0.1) is 5.92 Å². The number of nitrogens with two attached hydrogens (primary N) is 1. The van der Waals surface area contributed by atoms with Crippen molar-refractivity contribution in [1.29, 1.82) is 0 Å². The summed E-state index contributed by atoms with van der Waals surface area (Å²) in [6, 6.07) is 6.65. The van der Waals surface area contributed by atoms with Crippen LogP contribution in [0.15, 0.2) is 24.3 Å². The van der Waals surface area contributed by atoms with E-state index in [2.05, 4.69) is 13.8 Å². The fourth-order valence-corrected chi connectivity index (χ4v) is 3.37. The van der Waals surface area contributed by atoms with Gasteiger partial charge in [-0.1, -0.05) is 45.9 Å². The second-order valence-corrected chi connectivity index (χ2v) is 7.73. The van der Waals surface area contributed by atoms with E-state index in [4.69, 9.17) is 10.5 Å². The number of para-hydroxylation sites is 1. The van der Waals surface area contributed by atoms with E-state index in [1.54, 1.807) is 18.7 Å². The lowest BCUT2D eigenvalue weighted by atomic mass is 9.96. The van der Waals surface area contributed by atoms with Crippen molar-refractivity contribution in [3.05, 3.63) is 29.8 Å². The number of imide groups is 1. The van der Waals surface area contributed by atoms with E-state index in [9.17, 15) is 19.2 Å². The highest BCUT2D eigenvalue weighted by Gasteiger charge is 2.39. The van der Waals surface area contributed by atoms with E-state index in [1.165, 1.54) is 0 Å². The number of ether oxygens (including phenoxy) is 1. The Morgan fingerprint density at radius 3 is 2.48 bits per heavy atom. The average Bonchev–Trinajstić information content (AvgIpc) is 3.06. The number of hydrogen-bond donors (Lipinski definition) is 2. The summed E-state index contributed by atoms with van der Waals surface area (Å²) in [5.74, 6) is -2.35. The maximum absolute atomic E-state index is 12.7. The van der Waals surface area contributed by atoms with Crippen LogP contribution in [0.1, 0.15) is 52.0 Å². The molecule has 3 atom stereocenters. The summed E-state index contributed by atoms with van der Waals surface area (Å²) in [4.78, 5) is 49.9. The van der Waals surface area contributed by atoms with Gasteiger partial charge in [0, 0.05) is 18.7 Å². The van der Waals surface area contributed by atoms with Crippen LogP contribution in [0.5, 0.6) is 0 Å². The van der Waals surface area contributed by atoms with Crippen LogP contribution in [-0.2, 0) is 19.1 Å². The molecule has 8 nitrogen and oxygen atoms in total. The SMILES string of the molecule is CC[C@H](C)c1ccccc1N1C[C@H](C(=O)O[C@H](C(=O)NC(N)=O)C(C)C)CC1=O. The summed E-state index contributed by atoms with van der Waals surface area (Å²) >= 11 is 0. The number of rotatable bonds is 7.